The predicted molar refractivity (Wildman–Crippen MR) is 229 cm³/mol. The fourth-order valence-corrected chi connectivity index (χ4v) is 9.76. The second-order valence-electron chi connectivity index (χ2n) is 15.0. The summed E-state index contributed by atoms with van der Waals surface area (Å²) in [6, 6.07) is 29.8. The van der Waals surface area contributed by atoms with Crippen molar-refractivity contribution in [1.29, 1.82) is 5.26 Å². The van der Waals surface area contributed by atoms with Crippen LogP contribution in [0.3, 0.4) is 0 Å². The standard InChI is InChI=1S/C46H38Cl2N4O9S/c1-26-44(27(2)61-51-26)62(56,57)52-23-35-21-42-41(59-25-43(60-42)33-12-14-36(15-13-33)58-24-30-7-16-37(47)38(48)17-30)20-34(35)19-40(52)45(53)50-39(46(54)55)18-28-3-8-31(9-4-28)32-10-5-29(22-49)6-11-32/h3-17,20-21,39-40,43H,18-19,23-25H2,1-2H3,(H,50,53)(H,54,55)/t39-,40?,43+/m0/s1. The van der Waals surface area contributed by atoms with Gasteiger partial charge in [-0.1, -0.05) is 83.0 Å². The molecule has 2 aliphatic rings. The minimum atomic E-state index is -4.42. The molecule has 0 fully saturated rings. The van der Waals surface area contributed by atoms with E-state index in [1.165, 1.54) is 13.8 Å². The fraction of sp³-hybridized carbons (Fsp3) is 0.217. The lowest BCUT2D eigenvalue weighted by molar-refractivity contribution is -0.142. The van der Waals surface area contributed by atoms with Gasteiger partial charge in [-0.05, 0) is 108 Å². The molecule has 1 aromatic heterocycles. The number of hydrogen-bond donors (Lipinski definition) is 2. The third kappa shape index (κ3) is 8.84. The monoisotopic (exact) mass is 892 g/mol. The molecule has 13 nitrogen and oxygen atoms in total. The molecule has 8 rings (SSSR count). The Labute approximate surface area is 367 Å². The smallest absolute Gasteiger partial charge is 0.326 e. The zero-order chi connectivity index (χ0) is 43.7. The number of aliphatic carboxylic acids is 1. The lowest BCUT2D eigenvalue weighted by Gasteiger charge is -2.36. The van der Waals surface area contributed by atoms with Gasteiger partial charge in [-0.3, -0.25) is 4.79 Å². The fourth-order valence-electron chi connectivity index (χ4n) is 7.58. The highest BCUT2D eigenvalue weighted by molar-refractivity contribution is 7.89. The topological polar surface area (TPSA) is 181 Å². The number of halogens is 2. The van der Waals surface area contributed by atoms with Crippen LogP contribution in [0.25, 0.3) is 11.1 Å². The number of nitriles is 1. The highest BCUT2D eigenvalue weighted by Crippen LogP contribution is 2.42. The number of benzene rings is 5. The van der Waals surface area contributed by atoms with Gasteiger partial charge in [-0.25, -0.2) is 13.2 Å². The van der Waals surface area contributed by atoms with Crippen molar-refractivity contribution >= 4 is 45.1 Å². The van der Waals surface area contributed by atoms with E-state index in [2.05, 4.69) is 16.5 Å². The maximum absolute atomic E-state index is 14.5. The number of hydrogen-bond acceptors (Lipinski definition) is 10. The number of aromatic nitrogens is 1. The van der Waals surface area contributed by atoms with Crippen LogP contribution in [0.5, 0.6) is 17.2 Å². The summed E-state index contributed by atoms with van der Waals surface area (Å²) in [6.45, 7) is 3.21. The van der Waals surface area contributed by atoms with Crippen LogP contribution >= 0.6 is 23.2 Å². The van der Waals surface area contributed by atoms with E-state index in [4.69, 9.17) is 47.2 Å². The first kappa shape index (κ1) is 42.3. The van der Waals surface area contributed by atoms with E-state index in [9.17, 15) is 23.1 Å². The van der Waals surface area contributed by atoms with Gasteiger partial charge in [0.2, 0.25) is 15.9 Å². The zero-order valence-electron chi connectivity index (χ0n) is 33.3. The van der Waals surface area contributed by atoms with Crippen molar-refractivity contribution in [1.82, 2.24) is 14.8 Å². The van der Waals surface area contributed by atoms with Crippen LogP contribution in [0.1, 0.15) is 50.9 Å². The third-order valence-electron chi connectivity index (χ3n) is 10.8. The SMILES string of the molecule is Cc1noc(C)c1S(=O)(=O)N1Cc2cc3c(cc2CC1C(=O)N[C@@H](Cc1ccc(-c2ccc(C#N)cc2)cc1)C(=O)O)OC[C@H](c1ccc(OCc2ccc(Cl)c(Cl)c2)cc1)O3. The van der Waals surface area contributed by atoms with Crippen molar-refractivity contribution in [3.05, 3.63) is 158 Å². The van der Waals surface area contributed by atoms with Gasteiger partial charge < -0.3 is 29.2 Å². The average molecular weight is 894 g/mol. The molecule has 0 spiro atoms. The van der Waals surface area contributed by atoms with Gasteiger partial charge in [0.25, 0.3) is 0 Å². The van der Waals surface area contributed by atoms with Crippen LogP contribution in [0, 0.1) is 25.2 Å². The molecule has 1 unspecified atom stereocenters. The largest absolute Gasteiger partial charge is 0.489 e. The number of carbonyl (C=O) groups is 2. The highest BCUT2D eigenvalue weighted by atomic mass is 35.5. The lowest BCUT2D eigenvalue weighted by Crippen LogP contribution is -2.55. The van der Waals surface area contributed by atoms with Crippen molar-refractivity contribution in [2.24, 2.45) is 0 Å². The molecule has 1 amide bonds. The van der Waals surface area contributed by atoms with Gasteiger partial charge in [-0.2, -0.15) is 9.57 Å². The molecule has 0 radical (unpaired) electrons. The molecule has 0 saturated carbocycles. The number of carboxylic acids is 1. The minimum Gasteiger partial charge on any atom is -0.489 e. The second-order valence-corrected chi connectivity index (χ2v) is 17.6. The number of sulfonamides is 1. The number of ether oxygens (including phenoxy) is 3. The highest BCUT2D eigenvalue weighted by Gasteiger charge is 2.43. The Bertz CT molecular complexity index is 2810. The molecule has 2 aliphatic heterocycles. The van der Waals surface area contributed by atoms with Gasteiger partial charge in [0.1, 0.15) is 41.6 Å². The summed E-state index contributed by atoms with van der Waals surface area (Å²) in [5, 5.41) is 26.8. The van der Waals surface area contributed by atoms with Crippen LogP contribution in [0.15, 0.2) is 113 Å². The Morgan fingerprint density at radius 2 is 1.60 bits per heavy atom. The van der Waals surface area contributed by atoms with Gasteiger partial charge in [0, 0.05) is 13.0 Å². The number of carboxylic acid groups (broad SMARTS) is 1. The molecule has 3 heterocycles. The Morgan fingerprint density at radius 3 is 2.24 bits per heavy atom. The Kier molecular flexibility index (Phi) is 12.0. The van der Waals surface area contributed by atoms with Crippen molar-refractivity contribution < 1.29 is 41.8 Å². The van der Waals surface area contributed by atoms with E-state index in [0.29, 0.717) is 56.2 Å². The predicted octanol–water partition coefficient (Wildman–Crippen LogP) is 8.16. The van der Waals surface area contributed by atoms with Gasteiger partial charge >= 0.3 is 5.97 Å². The van der Waals surface area contributed by atoms with Crippen molar-refractivity contribution in [3.8, 4) is 34.4 Å². The molecule has 316 valence electrons. The number of fused-ring (bicyclic) bond motifs is 2. The maximum Gasteiger partial charge on any atom is 0.326 e. The van der Waals surface area contributed by atoms with Crippen molar-refractivity contribution in [3.63, 3.8) is 0 Å². The van der Waals surface area contributed by atoms with E-state index in [1.54, 1.807) is 48.5 Å². The summed E-state index contributed by atoms with van der Waals surface area (Å²) in [4.78, 5) is 26.7. The second kappa shape index (κ2) is 17.5. The van der Waals surface area contributed by atoms with Gasteiger partial charge in [-0.15, -0.1) is 0 Å². The van der Waals surface area contributed by atoms with Crippen LogP contribution in [0.2, 0.25) is 10.0 Å². The first-order valence-electron chi connectivity index (χ1n) is 19.5. The van der Waals surface area contributed by atoms with Crippen LogP contribution in [0.4, 0.5) is 0 Å². The quantitative estimate of drug-likeness (QED) is 0.121. The number of amides is 1. The summed E-state index contributed by atoms with van der Waals surface area (Å²) in [7, 11) is -4.42. The summed E-state index contributed by atoms with van der Waals surface area (Å²) >= 11 is 12.2. The normalized spacial score (nSPS) is 16.4. The van der Waals surface area contributed by atoms with Gasteiger partial charge in [0.05, 0.1) is 21.7 Å². The first-order valence-corrected chi connectivity index (χ1v) is 21.7. The maximum atomic E-state index is 14.5. The summed E-state index contributed by atoms with van der Waals surface area (Å²) in [6.07, 6.45) is -0.642. The zero-order valence-corrected chi connectivity index (χ0v) is 35.6. The molecule has 16 heteroatoms. The van der Waals surface area contributed by atoms with Crippen molar-refractivity contribution in [2.45, 2.75) is 62.9 Å². The van der Waals surface area contributed by atoms with E-state index < -0.39 is 40.1 Å². The Morgan fingerprint density at radius 1 is 0.919 bits per heavy atom. The lowest BCUT2D eigenvalue weighted by atomic mass is 9.93. The molecule has 6 aromatic rings. The average Bonchev–Trinajstić information content (AvgIpc) is 3.63. The Balaban J connectivity index is 1.01. The molecule has 5 aromatic carbocycles. The van der Waals surface area contributed by atoms with Crippen LogP contribution in [-0.4, -0.2) is 53.6 Å². The minimum absolute atomic E-state index is 0.0520. The molecule has 3 atom stereocenters. The number of rotatable bonds is 12. The molecule has 62 heavy (non-hydrogen) atoms. The molecule has 0 bridgehead atoms. The molecule has 0 saturated heterocycles. The van der Waals surface area contributed by atoms with Crippen LogP contribution < -0.4 is 19.5 Å². The van der Waals surface area contributed by atoms with E-state index in [0.717, 1.165) is 26.6 Å². The number of nitrogens with zero attached hydrogens (tertiary/aromatic N) is 3. The van der Waals surface area contributed by atoms with E-state index in [1.807, 2.05) is 54.6 Å². The number of carbonyl (C=O) groups excluding carboxylic acids is 1. The molecular weight excluding hydrogens is 855 g/mol. The number of nitrogens with one attached hydrogen (secondary N) is 1. The Hall–Kier alpha value is -6.37. The number of aryl methyl sites for hydroxylation is 2. The van der Waals surface area contributed by atoms with E-state index >= 15 is 0 Å². The third-order valence-corrected chi connectivity index (χ3v) is 13.7. The molecule has 2 N–H and O–H groups in total. The molecule has 0 aliphatic carbocycles. The summed E-state index contributed by atoms with van der Waals surface area (Å²) in [5.74, 6) is -0.563. The van der Waals surface area contributed by atoms with E-state index in [-0.39, 0.29) is 42.3 Å². The summed E-state index contributed by atoms with van der Waals surface area (Å²) in [5.41, 5.74) is 5.94. The summed E-state index contributed by atoms with van der Waals surface area (Å²) < 4.78 is 53.7. The van der Waals surface area contributed by atoms with Gasteiger partial charge in [0.15, 0.2) is 23.4 Å². The van der Waals surface area contributed by atoms with Crippen molar-refractivity contribution in [2.75, 3.05) is 6.61 Å². The van der Waals surface area contributed by atoms with Crippen LogP contribution in [-0.2, 0) is 45.6 Å². The molecular formula is C46H38Cl2N4O9S. The first-order chi connectivity index (χ1) is 29.8.